The second-order valence-corrected chi connectivity index (χ2v) is 5.47. The van der Waals surface area contributed by atoms with Crippen LogP contribution in [-0.4, -0.2) is 18.2 Å². The zero-order valence-electron chi connectivity index (χ0n) is 12.0. The Kier molecular flexibility index (Phi) is 4.13. The van der Waals surface area contributed by atoms with Gasteiger partial charge in [-0.2, -0.15) is 0 Å². The molecule has 1 amide bonds. The van der Waals surface area contributed by atoms with Gasteiger partial charge in [0.2, 0.25) is 0 Å². The van der Waals surface area contributed by atoms with Crippen LogP contribution in [0.4, 0.5) is 4.79 Å². The molecule has 0 aliphatic heterocycles. The minimum absolute atomic E-state index is 0.411. The van der Waals surface area contributed by atoms with E-state index >= 15 is 0 Å². The molecule has 20 heavy (non-hydrogen) atoms. The number of carbonyl (C=O) groups is 1. The molecule has 0 bridgehead atoms. The number of amides is 1. The summed E-state index contributed by atoms with van der Waals surface area (Å²) in [7, 11) is 0. The van der Waals surface area contributed by atoms with Gasteiger partial charge in [0.25, 0.3) is 0 Å². The van der Waals surface area contributed by atoms with Crippen molar-refractivity contribution in [2.75, 3.05) is 6.54 Å². The highest BCUT2D eigenvalue weighted by Gasteiger charge is 2.14. The predicted octanol–water partition coefficient (Wildman–Crippen LogP) is 3.97. The van der Waals surface area contributed by atoms with Gasteiger partial charge in [-0.3, -0.25) is 0 Å². The number of furan rings is 1. The lowest BCUT2D eigenvalue weighted by Gasteiger charge is -2.19. The Morgan fingerprint density at radius 2 is 2.10 bits per heavy atom. The van der Waals surface area contributed by atoms with E-state index in [0.29, 0.717) is 6.54 Å². The standard InChI is InChI=1S/C16H19NO3/c1-16(2,3)20-15(18)17-10-6-7-12-11-19-14-9-5-4-8-13(12)14/h4-9,11H,10H2,1-3H3,(H,17,18). The zero-order chi connectivity index (χ0) is 14.6. The van der Waals surface area contributed by atoms with Crippen LogP contribution in [0.25, 0.3) is 17.0 Å². The Balaban J connectivity index is 1.89. The lowest BCUT2D eigenvalue weighted by molar-refractivity contribution is 0.0534. The van der Waals surface area contributed by atoms with E-state index in [2.05, 4.69) is 5.32 Å². The molecule has 0 saturated carbocycles. The van der Waals surface area contributed by atoms with Crippen LogP contribution in [0.5, 0.6) is 0 Å². The maximum absolute atomic E-state index is 11.4. The van der Waals surface area contributed by atoms with Crippen molar-refractivity contribution in [3.05, 3.63) is 42.2 Å². The van der Waals surface area contributed by atoms with Crippen LogP contribution < -0.4 is 5.32 Å². The van der Waals surface area contributed by atoms with Crippen molar-refractivity contribution in [3.8, 4) is 0 Å². The minimum atomic E-state index is -0.478. The third-order valence-corrected chi connectivity index (χ3v) is 2.57. The Bertz CT molecular complexity index is 620. The number of carbonyl (C=O) groups excluding carboxylic acids is 1. The number of para-hydroxylation sites is 1. The Morgan fingerprint density at radius 1 is 1.35 bits per heavy atom. The number of nitrogens with one attached hydrogen (secondary N) is 1. The molecule has 0 aliphatic carbocycles. The second kappa shape index (κ2) is 5.82. The quantitative estimate of drug-likeness (QED) is 0.920. The summed E-state index contributed by atoms with van der Waals surface area (Å²) in [6.45, 7) is 5.91. The molecular weight excluding hydrogens is 254 g/mol. The number of rotatable bonds is 3. The van der Waals surface area contributed by atoms with Gasteiger partial charge in [-0.1, -0.05) is 30.4 Å². The number of ether oxygens (including phenoxy) is 1. The highest BCUT2D eigenvalue weighted by Crippen LogP contribution is 2.21. The fraction of sp³-hybridized carbons (Fsp3) is 0.312. The summed E-state index contributed by atoms with van der Waals surface area (Å²) in [5, 5.41) is 3.73. The van der Waals surface area contributed by atoms with Crippen molar-refractivity contribution < 1.29 is 13.9 Å². The van der Waals surface area contributed by atoms with Crippen LogP contribution in [0.15, 0.2) is 41.0 Å². The molecule has 0 saturated heterocycles. The number of hydrogen-bond donors (Lipinski definition) is 1. The summed E-state index contributed by atoms with van der Waals surface area (Å²) in [6, 6.07) is 7.82. The molecule has 1 aromatic carbocycles. The van der Waals surface area contributed by atoms with Gasteiger partial charge in [0.1, 0.15) is 11.2 Å². The van der Waals surface area contributed by atoms with E-state index in [4.69, 9.17) is 9.15 Å². The summed E-state index contributed by atoms with van der Waals surface area (Å²) in [6.07, 6.45) is 5.07. The fourth-order valence-electron chi connectivity index (χ4n) is 1.77. The second-order valence-electron chi connectivity index (χ2n) is 5.47. The molecule has 0 unspecified atom stereocenters. The number of hydrogen-bond acceptors (Lipinski definition) is 3. The lowest BCUT2D eigenvalue weighted by Crippen LogP contribution is -2.32. The molecule has 0 spiro atoms. The van der Waals surface area contributed by atoms with Gasteiger partial charge in [0.15, 0.2) is 0 Å². The molecule has 2 rings (SSSR count). The van der Waals surface area contributed by atoms with E-state index in [-0.39, 0.29) is 0 Å². The Morgan fingerprint density at radius 3 is 2.85 bits per heavy atom. The van der Waals surface area contributed by atoms with Gasteiger partial charge in [-0.05, 0) is 26.8 Å². The molecule has 1 heterocycles. The molecule has 1 aromatic heterocycles. The maximum atomic E-state index is 11.4. The van der Waals surface area contributed by atoms with Crippen LogP contribution in [0.2, 0.25) is 0 Å². The van der Waals surface area contributed by atoms with Gasteiger partial charge in [-0.15, -0.1) is 0 Å². The summed E-state index contributed by atoms with van der Waals surface area (Å²) in [5.74, 6) is 0. The minimum Gasteiger partial charge on any atom is -0.464 e. The molecule has 0 aliphatic rings. The molecule has 2 aromatic rings. The Hall–Kier alpha value is -2.23. The van der Waals surface area contributed by atoms with Gasteiger partial charge in [0, 0.05) is 17.5 Å². The molecular formula is C16H19NO3. The maximum Gasteiger partial charge on any atom is 0.407 e. The highest BCUT2D eigenvalue weighted by molar-refractivity contribution is 5.86. The van der Waals surface area contributed by atoms with Crippen molar-refractivity contribution in [2.45, 2.75) is 26.4 Å². The van der Waals surface area contributed by atoms with E-state index in [1.807, 2.05) is 57.2 Å². The van der Waals surface area contributed by atoms with Crippen molar-refractivity contribution in [1.29, 1.82) is 0 Å². The smallest absolute Gasteiger partial charge is 0.407 e. The first-order chi connectivity index (χ1) is 9.46. The first-order valence-electron chi connectivity index (χ1n) is 6.55. The molecule has 4 heteroatoms. The topological polar surface area (TPSA) is 51.5 Å². The van der Waals surface area contributed by atoms with Crippen molar-refractivity contribution in [3.63, 3.8) is 0 Å². The summed E-state index contributed by atoms with van der Waals surface area (Å²) < 4.78 is 10.6. The fourth-order valence-corrected chi connectivity index (χ4v) is 1.77. The zero-order valence-corrected chi connectivity index (χ0v) is 12.0. The van der Waals surface area contributed by atoms with E-state index in [0.717, 1.165) is 16.5 Å². The number of benzene rings is 1. The van der Waals surface area contributed by atoms with Gasteiger partial charge in [0.05, 0.1) is 6.26 Å². The predicted molar refractivity (Wildman–Crippen MR) is 79.5 cm³/mol. The van der Waals surface area contributed by atoms with Crippen LogP contribution in [-0.2, 0) is 4.74 Å². The van der Waals surface area contributed by atoms with Gasteiger partial charge < -0.3 is 14.5 Å². The third kappa shape index (κ3) is 3.88. The molecule has 1 N–H and O–H groups in total. The van der Waals surface area contributed by atoms with Crippen LogP contribution in [0.3, 0.4) is 0 Å². The molecule has 0 fully saturated rings. The highest BCUT2D eigenvalue weighted by atomic mass is 16.6. The molecule has 4 nitrogen and oxygen atoms in total. The third-order valence-electron chi connectivity index (χ3n) is 2.57. The normalized spacial score (nSPS) is 11.9. The summed E-state index contributed by atoms with van der Waals surface area (Å²) >= 11 is 0. The average molecular weight is 273 g/mol. The Labute approximate surface area is 118 Å². The molecule has 0 atom stereocenters. The van der Waals surface area contributed by atoms with E-state index in [1.165, 1.54) is 0 Å². The van der Waals surface area contributed by atoms with Gasteiger partial charge in [-0.25, -0.2) is 4.79 Å². The first-order valence-corrected chi connectivity index (χ1v) is 6.55. The first kappa shape index (κ1) is 14.2. The average Bonchev–Trinajstić information content (AvgIpc) is 2.76. The van der Waals surface area contributed by atoms with Crippen molar-refractivity contribution >= 4 is 23.1 Å². The monoisotopic (exact) mass is 273 g/mol. The van der Waals surface area contributed by atoms with Gasteiger partial charge >= 0.3 is 6.09 Å². The number of fused-ring (bicyclic) bond motifs is 1. The largest absolute Gasteiger partial charge is 0.464 e. The SMILES string of the molecule is CC(C)(C)OC(=O)NCC=Cc1coc2ccccc12. The van der Waals surface area contributed by atoms with Crippen LogP contribution >= 0.6 is 0 Å². The molecule has 0 radical (unpaired) electrons. The van der Waals surface area contributed by atoms with Crippen molar-refractivity contribution in [2.24, 2.45) is 0 Å². The summed E-state index contributed by atoms with van der Waals surface area (Å²) in [4.78, 5) is 11.4. The van der Waals surface area contributed by atoms with E-state index in [9.17, 15) is 4.79 Å². The van der Waals surface area contributed by atoms with E-state index < -0.39 is 11.7 Å². The van der Waals surface area contributed by atoms with Crippen LogP contribution in [0.1, 0.15) is 26.3 Å². The van der Waals surface area contributed by atoms with Crippen LogP contribution in [0, 0.1) is 0 Å². The summed E-state index contributed by atoms with van der Waals surface area (Å²) in [5.41, 5.74) is 1.37. The van der Waals surface area contributed by atoms with E-state index in [1.54, 1.807) is 6.26 Å². The number of alkyl carbamates (subject to hydrolysis) is 1. The lowest BCUT2D eigenvalue weighted by atomic mass is 10.1. The molecule has 106 valence electrons. The van der Waals surface area contributed by atoms with Crippen molar-refractivity contribution in [1.82, 2.24) is 5.32 Å².